The lowest BCUT2D eigenvalue weighted by atomic mass is 10.1. The molecule has 10 heteroatoms. The molecule has 4 aromatic heterocycles. The van der Waals surface area contributed by atoms with Crippen molar-refractivity contribution in [1.82, 2.24) is 30.5 Å². The molecule has 5 heterocycles. The standard InChI is InChI=1S/C21H21N7O2S/c1-31(29,30)15-9-14(11-23-12-15)18-10-16-19(13-24-18)26-27-21(16)17-3-2-4-20(25-17)28-7-5-22-6-8-28/h2-4,9-13,22H,5-8H2,1H3,(H,26,27). The van der Waals surface area contributed by atoms with Gasteiger partial charge in [-0.2, -0.15) is 5.10 Å². The number of aromatic amines is 1. The molecule has 0 bridgehead atoms. The second-order valence-corrected chi connectivity index (χ2v) is 9.50. The van der Waals surface area contributed by atoms with E-state index < -0.39 is 9.84 Å². The molecule has 0 spiro atoms. The molecule has 0 saturated carbocycles. The van der Waals surface area contributed by atoms with E-state index in [2.05, 4.69) is 30.4 Å². The molecule has 1 fully saturated rings. The molecule has 0 unspecified atom stereocenters. The Morgan fingerprint density at radius 3 is 2.68 bits per heavy atom. The molecule has 9 nitrogen and oxygen atoms in total. The normalized spacial score (nSPS) is 14.8. The minimum Gasteiger partial charge on any atom is -0.354 e. The third-order valence-corrected chi connectivity index (χ3v) is 6.38. The molecule has 1 aliphatic rings. The molecular weight excluding hydrogens is 414 g/mol. The van der Waals surface area contributed by atoms with Crippen molar-refractivity contribution < 1.29 is 8.42 Å². The maximum Gasteiger partial charge on any atom is 0.177 e. The zero-order chi connectivity index (χ0) is 21.4. The van der Waals surface area contributed by atoms with Crippen LogP contribution in [-0.2, 0) is 9.84 Å². The molecule has 0 atom stereocenters. The third-order valence-electron chi connectivity index (χ3n) is 5.30. The highest BCUT2D eigenvalue weighted by atomic mass is 32.2. The maximum atomic E-state index is 11.9. The molecule has 158 valence electrons. The summed E-state index contributed by atoms with van der Waals surface area (Å²) in [5, 5.41) is 11.7. The van der Waals surface area contributed by atoms with Gasteiger partial charge in [-0.25, -0.2) is 13.4 Å². The number of hydrogen-bond acceptors (Lipinski definition) is 8. The first-order valence-corrected chi connectivity index (χ1v) is 11.8. The van der Waals surface area contributed by atoms with E-state index in [0.717, 1.165) is 60.5 Å². The number of nitrogens with zero attached hydrogens (tertiary/aromatic N) is 5. The number of aromatic nitrogens is 5. The van der Waals surface area contributed by atoms with Crippen LogP contribution in [-0.4, -0.2) is 66.0 Å². The molecule has 0 aliphatic carbocycles. The van der Waals surface area contributed by atoms with Crippen LogP contribution in [0.2, 0.25) is 0 Å². The van der Waals surface area contributed by atoms with Crippen molar-refractivity contribution in [2.24, 2.45) is 0 Å². The van der Waals surface area contributed by atoms with Crippen molar-refractivity contribution in [3.63, 3.8) is 0 Å². The molecule has 0 aromatic carbocycles. The van der Waals surface area contributed by atoms with Crippen molar-refractivity contribution >= 4 is 26.6 Å². The number of anilines is 1. The Labute approximate surface area is 179 Å². The minimum atomic E-state index is -3.36. The molecule has 1 saturated heterocycles. The average molecular weight is 436 g/mol. The van der Waals surface area contributed by atoms with Crippen LogP contribution in [0.5, 0.6) is 0 Å². The number of sulfone groups is 1. The van der Waals surface area contributed by atoms with Gasteiger partial charge in [0.1, 0.15) is 11.5 Å². The van der Waals surface area contributed by atoms with Gasteiger partial charge in [0, 0.05) is 55.8 Å². The highest BCUT2D eigenvalue weighted by Crippen LogP contribution is 2.29. The Hall–Kier alpha value is -3.37. The summed E-state index contributed by atoms with van der Waals surface area (Å²) in [4.78, 5) is 15.8. The first kappa shape index (κ1) is 19.6. The Kier molecular flexibility index (Phi) is 4.87. The van der Waals surface area contributed by atoms with Gasteiger partial charge in [0.15, 0.2) is 9.84 Å². The molecule has 31 heavy (non-hydrogen) atoms. The van der Waals surface area contributed by atoms with Crippen LogP contribution in [0.15, 0.2) is 53.8 Å². The lowest BCUT2D eigenvalue weighted by Gasteiger charge is -2.28. The third kappa shape index (κ3) is 3.87. The predicted molar refractivity (Wildman–Crippen MR) is 119 cm³/mol. The topological polar surface area (TPSA) is 117 Å². The van der Waals surface area contributed by atoms with Gasteiger partial charge in [0.25, 0.3) is 0 Å². The Morgan fingerprint density at radius 1 is 1.03 bits per heavy atom. The Morgan fingerprint density at radius 2 is 1.87 bits per heavy atom. The van der Waals surface area contributed by atoms with Crippen LogP contribution in [0, 0.1) is 0 Å². The molecule has 4 aromatic rings. The number of nitrogens with one attached hydrogen (secondary N) is 2. The van der Waals surface area contributed by atoms with E-state index in [1.54, 1.807) is 18.5 Å². The maximum absolute atomic E-state index is 11.9. The quantitative estimate of drug-likeness (QED) is 0.499. The summed E-state index contributed by atoms with van der Waals surface area (Å²) in [6.45, 7) is 3.70. The van der Waals surface area contributed by atoms with E-state index >= 15 is 0 Å². The van der Waals surface area contributed by atoms with Crippen LogP contribution in [0.25, 0.3) is 33.5 Å². The minimum absolute atomic E-state index is 0.157. The first-order valence-electron chi connectivity index (χ1n) is 9.92. The molecular formula is C21H21N7O2S. The fourth-order valence-corrected chi connectivity index (χ4v) is 4.25. The predicted octanol–water partition coefficient (Wildman–Crippen LogP) is 1.89. The molecule has 1 aliphatic heterocycles. The first-order chi connectivity index (χ1) is 15.0. The fourth-order valence-electron chi connectivity index (χ4n) is 3.66. The van der Waals surface area contributed by atoms with Gasteiger partial charge in [0.2, 0.25) is 0 Å². The number of rotatable bonds is 4. The van der Waals surface area contributed by atoms with Gasteiger partial charge >= 0.3 is 0 Å². The van der Waals surface area contributed by atoms with Crippen LogP contribution < -0.4 is 10.2 Å². The van der Waals surface area contributed by atoms with Gasteiger partial charge in [-0.1, -0.05) is 6.07 Å². The summed E-state index contributed by atoms with van der Waals surface area (Å²) in [5.74, 6) is 0.925. The zero-order valence-corrected chi connectivity index (χ0v) is 17.7. The number of pyridine rings is 3. The Balaban J connectivity index is 1.56. The molecule has 0 amide bonds. The van der Waals surface area contributed by atoms with E-state index in [9.17, 15) is 8.42 Å². The number of fused-ring (bicyclic) bond motifs is 1. The summed E-state index contributed by atoms with van der Waals surface area (Å²) >= 11 is 0. The lowest BCUT2D eigenvalue weighted by Crippen LogP contribution is -2.43. The summed E-state index contributed by atoms with van der Waals surface area (Å²) in [6.07, 6.45) is 5.79. The van der Waals surface area contributed by atoms with Crippen LogP contribution in [0.3, 0.4) is 0 Å². The second kappa shape index (κ2) is 7.71. The van der Waals surface area contributed by atoms with Crippen molar-refractivity contribution in [1.29, 1.82) is 0 Å². The van der Waals surface area contributed by atoms with Crippen molar-refractivity contribution in [2.45, 2.75) is 4.90 Å². The van der Waals surface area contributed by atoms with E-state index in [-0.39, 0.29) is 4.90 Å². The number of hydrogen-bond donors (Lipinski definition) is 2. The lowest BCUT2D eigenvalue weighted by molar-refractivity contribution is 0.585. The van der Waals surface area contributed by atoms with Crippen LogP contribution >= 0.6 is 0 Å². The van der Waals surface area contributed by atoms with Gasteiger partial charge < -0.3 is 10.2 Å². The summed E-state index contributed by atoms with van der Waals surface area (Å²) < 4.78 is 23.8. The fraction of sp³-hybridized carbons (Fsp3) is 0.238. The largest absolute Gasteiger partial charge is 0.354 e. The highest BCUT2D eigenvalue weighted by Gasteiger charge is 2.16. The molecule has 5 rings (SSSR count). The molecule has 0 radical (unpaired) electrons. The summed E-state index contributed by atoms with van der Waals surface area (Å²) in [7, 11) is -3.36. The van der Waals surface area contributed by atoms with Crippen molar-refractivity contribution in [3.8, 4) is 22.6 Å². The van der Waals surface area contributed by atoms with Gasteiger partial charge in [-0.15, -0.1) is 0 Å². The molecule has 2 N–H and O–H groups in total. The summed E-state index contributed by atoms with van der Waals surface area (Å²) in [5.41, 5.74) is 3.51. The monoisotopic (exact) mass is 435 g/mol. The summed E-state index contributed by atoms with van der Waals surface area (Å²) in [6, 6.07) is 9.41. The average Bonchev–Trinajstić information content (AvgIpc) is 3.23. The number of piperazine rings is 1. The van der Waals surface area contributed by atoms with E-state index in [1.807, 2.05) is 24.3 Å². The second-order valence-electron chi connectivity index (χ2n) is 7.49. The van der Waals surface area contributed by atoms with E-state index in [0.29, 0.717) is 11.3 Å². The van der Waals surface area contributed by atoms with Crippen LogP contribution in [0.1, 0.15) is 0 Å². The Bertz CT molecular complexity index is 1360. The highest BCUT2D eigenvalue weighted by molar-refractivity contribution is 7.90. The van der Waals surface area contributed by atoms with E-state index in [4.69, 9.17) is 4.98 Å². The van der Waals surface area contributed by atoms with E-state index in [1.165, 1.54) is 6.20 Å². The SMILES string of the molecule is CS(=O)(=O)c1cncc(-c2cc3c(-c4cccc(N5CCNCC5)n4)n[nH]c3cn2)c1. The van der Waals surface area contributed by atoms with Crippen molar-refractivity contribution in [2.75, 3.05) is 37.3 Å². The number of H-pyrrole nitrogens is 1. The van der Waals surface area contributed by atoms with Gasteiger partial charge in [-0.05, 0) is 24.3 Å². The van der Waals surface area contributed by atoms with Gasteiger partial charge in [0.05, 0.1) is 28.0 Å². The van der Waals surface area contributed by atoms with Gasteiger partial charge in [-0.3, -0.25) is 15.1 Å². The smallest absolute Gasteiger partial charge is 0.177 e. The van der Waals surface area contributed by atoms with Crippen LogP contribution in [0.4, 0.5) is 5.82 Å². The zero-order valence-electron chi connectivity index (χ0n) is 16.9. The van der Waals surface area contributed by atoms with Crippen molar-refractivity contribution in [3.05, 3.63) is 48.9 Å².